The van der Waals surface area contributed by atoms with Crippen LogP contribution in [-0.2, 0) is 7.05 Å². The Labute approximate surface area is 91.6 Å². The van der Waals surface area contributed by atoms with Crippen molar-refractivity contribution in [1.29, 1.82) is 0 Å². The molecule has 2 N–H and O–H groups in total. The highest BCUT2D eigenvalue weighted by Crippen LogP contribution is 2.12. The zero-order valence-corrected chi connectivity index (χ0v) is 9.01. The van der Waals surface area contributed by atoms with Gasteiger partial charge in [-0.25, -0.2) is 4.98 Å². The maximum Gasteiger partial charge on any atom is 0.252 e. The van der Waals surface area contributed by atoms with Gasteiger partial charge in [-0.15, -0.1) is 10.2 Å². The fourth-order valence-corrected chi connectivity index (χ4v) is 1.42. The van der Waals surface area contributed by atoms with E-state index in [0.29, 0.717) is 5.82 Å². The molecule has 7 heteroatoms. The fourth-order valence-electron chi connectivity index (χ4n) is 1.42. The lowest BCUT2D eigenvalue weighted by atomic mass is 10.3. The van der Waals surface area contributed by atoms with Crippen LogP contribution in [-0.4, -0.2) is 24.7 Å². The molecule has 16 heavy (non-hydrogen) atoms. The van der Waals surface area contributed by atoms with E-state index in [1.165, 1.54) is 12.4 Å². The van der Waals surface area contributed by atoms with Gasteiger partial charge >= 0.3 is 0 Å². The molecule has 2 heterocycles. The molecular weight excluding hydrogens is 208 g/mol. The molecule has 2 rings (SSSR count). The van der Waals surface area contributed by atoms with E-state index in [2.05, 4.69) is 25.5 Å². The van der Waals surface area contributed by atoms with Gasteiger partial charge in [-0.05, 0) is 6.92 Å². The SMILES string of the molecule is CC(Nc1cc(=O)[nH]cn1)c1nncn1C. The van der Waals surface area contributed by atoms with Crippen LogP contribution in [0.5, 0.6) is 0 Å². The first-order chi connectivity index (χ1) is 7.66. The largest absolute Gasteiger partial charge is 0.360 e. The number of anilines is 1. The van der Waals surface area contributed by atoms with Gasteiger partial charge in [-0.3, -0.25) is 4.79 Å². The Balaban J connectivity index is 2.17. The quantitative estimate of drug-likeness (QED) is 0.764. The normalized spacial score (nSPS) is 12.4. The van der Waals surface area contributed by atoms with Gasteiger partial charge in [-0.1, -0.05) is 0 Å². The lowest BCUT2D eigenvalue weighted by molar-refractivity contribution is 0.716. The summed E-state index contributed by atoms with van der Waals surface area (Å²) >= 11 is 0. The second-order valence-corrected chi connectivity index (χ2v) is 3.46. The molecule has 7 nitrogen and oxygen atoms in total. The summed E-state index contributed by atoms with van der Waals surface area (Å²) in [6, 6.07) is 1.33. The van der Waals surface area contributed by atoms with Gasteiger partial charge in [0.15, 0.2) is 5.82 Å². The van der Waals surface area contributed by atoms with E-state index in [1.54, 1.807) is 6.33 Å². The first-order valence-corrected chi connectivity index (χ1v) is 4.82. The molecular formula is C9H12N6O. The van der Waals surface area contributed by atoms with Gasteiger partial charge in [0.2, 0.25) is 0 Å². The van der Waals surface area contributed by atoms with Crippen LogP contribution in [0.1, 0.15) is 18.8 Å². The van der Waals surface area contributed by atoms with Crippen molar-refractivity contribution in [1.82, 2.24) is 24.7 Å². The van der Waals surface area contributed by atoms with Gasteiger partial charge in [-0.2, -0.15) is 0 Å². The van der Waals surface area contributed by atoms with Gasteiger partial charge < -0.3 is 14.9 Å². The topological polar surface area (TPSA) is 88.5 Å². The zero-order chi connectivity index (χ0) is 11.5. The minimum Gasteiger partial charge on any atom is -0.360 e. The van der Waals surface area contributed by atoms with Crippen molar-refractivity contribution in [3.63, 3.8) is 0 Å². The van der Waals surface area contributed by atoms with Gasteiger partial charge in [0.05, 0.1) is 12.4 Å². The molecule has 1 unspecified atom stereocenters. The molecule has 0 saturated carbocycles. The Kier molecular flexibility index (Phi) is 2.67. The van der Waals surface area contributed by atoms with Gasteiger partial charge in [0.1, 0.15) is 12.1 Å². The van der Waals surface area contributed by atoms with Crippen LogP contribution in [0.4, 0.5) is 5.82 Å². The zero-order valence-electron chi connectivity index (χ0n) is 9.01. The highest BCUT2D eigenvalue weighted by Gasteiger charge is 2.11. The molecule has 0 fully saturated rings. The minimum absolute atomic E-state index is 0.0678. The third-order valence-corrected chi connectivity index (χ3v) is 2.18. The van der Waals surface area contributed by atoms with Crippen LogP contribution in [0.25, 0.3) is 0 Å². The van der Waals surface area contributed by atoms with Crippen molar-refractivity contribution in [2.75, 3.05) is 5.32 Å². The molecule has 2 aromatic rings. The third kappa shape index (κ3) is 2.08. The van der Waals surface area contributed by atoms with E-state index in [4.69, 9.17) is 0 Å². The Hall–Kier alpha value is -2.18. The predicted molar refractivity (Wildman–Crippen MR) is 57.9 cm³/mol. The highest BCUT2D eigenvalue weighted by molar-refractivity contribution is 5.33. The van der Waals surface area contributed by atoms with Gasteiger partial charge in [0, 0.05) is 13.1 Å². The van der Waals surface area contributed by atoms with Crippen molar-refractivity contribution >= 4 is 5.82 Å². The second kappa shape index (κ2) is 4.13. The Morgan fingerprint density at radius 3 is 3.00 bits per heavy atom. The van der Waals surface area contributed by atoms with Crippen LogP contribution in [0, 0.1) is 0 Å². The third-order valence-electron chi connectivity index (χ3n) is 2.18. The van der Waals surface area contributed by atoms with E-state index in [-0.39, 0.29) is 11.6 Å². The summed E-state index contributed by atoms with van der Waals surface area (Å²) in [5.41, 5.74) is -0.192. The van der Waals surface area contributed by atoms with Crippen LogP contribution in [0.15, 0.2) is 23.5 Å². The van der Waals surface area contributed by atoms with Crippen LogP contribution < -0.4 is 10.9 Å². The van der Waals surface area contributed by atoms with E-state index in [0.717, 1.165) is 5.82 Å². The van der Waals surface area contributed by atoms with Crippen LogP contribution in [0.3, 0.4) is 0 Å². The summed E-state index contributed by atoms with van der Waals surface area (Å²) in [6.07, 6.45) is 2.98. The first-order valence-electron chi connectivity index (χ1n) is 4.82. The second-order valence-electron chi connectivity index (χ2n) is 3.46. The summed E-state index contributed by atoms with van der Waals surface area (Å²) in [5, 5.41) is 10.8. The summed E-state index contributed by atoms with van der Waals surface area (Å²) in [7, 11) is 1.86. The monoisotopic (exact) mass is 220 g/mol. The standard InChI is InChI=1S/C9H12N6O/c1-6(9-14-12-5-15(9)2)13-7-3-8(16)11-4-10-7/h3-6H,1-2H3,(H2,10,11,13,16). The molecule has 0 aliphatic heterocycles. The number of nitrogens with zero attached hydrogens (tertiary/aromatic N) is 4. The smallest absolute Gasteiger partial charge is 0.252 e. The first kappa shape index (κ1) is 10.3. The lowest BCUT2D eigenvalue weighted by Gasteiger charge is -2.12. The molecule has 0 amide bonds. The van der Waals surface area contributed by atoms with Crippen molar-refractivity contribution in [2.45, 2.75) is 13.0 Å². The Bertz CT molecular complexity index is 531. The molecule has 0 bridgehead atoms. The summed E-state index contributed by atoms with van der Waals surface area (Å²) in [6.45, 7) is 1.92. The number of aryl methyl sites for hydroxylation is 1. The maximum absolute atomic E-state index is 11.1. The number of nitrogens with one attached hydrogen (secondary N) is 2. The maximum atomic E-state index is 11.1. The van der Waals surface area contributed by atoms with Gasteiger partial charge in [0.25, 0.3) is 5.56 Å². The fraction of sp³-hybridized carbons (Fsp3) is 0.333. The molecule has 0 saturated heterocycles. The van der Waals surface area contributed by atoms with Crippen LogP contribution >= 0.6 is 0 Å². The van der Waals surface area contributed by atoms with Crippen LogP contribution in [0.2, 0.25) is 0 Å². The number of hydrogen-bond acceptors (Lipinski definition) is 5. The molecule has 0 aliphatic rings. The molecule has 2 aromatic heterocycles. The van der Waals surface area contributed by atoms with E-state index in [9.17, 15) is 4.79 Å². The van der Waals surface area contributed by atoms with Crippen molar-refractivity contribution in [2.24, 2.45) is 7.05 Å². The van der Waals surface area contributed by atoms with E-state index in [1.807, 2.05) is 18.5 Å². The molecule has 0 aliphatic carbocycles. The number of hydrogen-bond donors (Lipinski definition) is 2. The molecule has 84 valence electrons. The molecule has 0 radical (unpaired) electrons. The summed E-state index contributed by atoms with van der Waals surface area (Å²) in [5.74, 6) is 1.29. The lowest BCUT2D eigenvalue weighted by Crippen LogP contribution is -2.15. The molecule has 0 aromatic carbocycles. The summed E-state index contributed by atoms with van der Waals surface area (Å²) in [4.78, 5) is 17.5. The average molecular weight is 220 g/mol. The van der Waals surface area contributed by atoms with E-state index >= 15 is 0 Å². The number of rotatable bonds is 3. The summed E-state index contributed by atoms with van der Waals surface area (Å²) < 4.78 is 1.81. The van der Waals surface area contributed by atoms with Crippen molar-refractivity contribution in [3.05, 3.63) is 34.9 Å². The number of aromatic nitrogens is 5. The predicted octanol–water partition coefficient (Wildman–Crippen LogP) is 0.0715. The van der Waals surface area contributed by atoms with Crippen molar-refractivity contribution in [3.8, 4) is 0 Å². The average Bonchev–Trinajstić information content (AvgIpc) is 2.64. The molecule has 0 spiro atoms. The Morgan fingerprint density at radius 2 is 2.38 bits per heavy atom. The minimum atomic E-state index is -0.192. The Morgan fingerprint density at radius 1 is 1.56 bits per heavy atom. The number of aromatic amines is 1. The molecule has 1 atom stereocenters. The van der Waals surface area contributed by atoms with Crippen molar-refractivity contribution < 1.29 is 0 Å². The number of H-pyrrole nitrogens is 1. The van der Waals surface area contributed by atoms with E-state index < -0.39 is 0 Å². The highest BCUT2D eigenvalue weighted by atomic mass is 16.1.